The SMILES string of the molecule is CN1CCCC1CNc1ccncn1. The summed E-state index contributed by atoms with van der Waals surface area (Å²) < 4.78 is 0. The van der Waals surface area contributed by atoms with Gasteiger partial charge in [0.25, 0.3) is 0 Å². The van der Waals surface area contributed by atoms with Crippen molar-refractivity contribution < 1.29 is 0 Å². The van der Waals surface area contributed by atoms with Crippen molar-refractivity contribution in [1.82, 2.24) is 14.9 Å². The lowest BCUT2D eigenvalue weighted by atomic mass is 10.2. The van der Waals surface area contributed by atoms with Crippen LogP contribution in [0.4, 0.5) is 5.82 Å². The maximum atomic E-state index is 4.12. The summed E-state index contributed by atoms with van der Waals surface area (Å²) in [5.41, 5.74) is 0. The van der Waals surface area contributed by atoms with Crippen molar-refractivity contribution in [3.8, 4) is 0 Å². The molecule has 0 amide bonds. The van der Waals surface area contributed by atoms with Crippen LogP contribution in [0.5, 0.6) is 0 Å². The molecule has 1 unspecified atom stereocenters. The van der Waals surface area contributed by atoms with Gasteiger partial charge in [0.15, 0.2) is 0 Å². The first-order valence-corrected chi connectivity index (χ1v) is 5.06. The summed E-state index contributed by atoms with van der Waals surface area (Å²) >= 11 is 0. The van der Waals surface area contributed by atoms with Crippen LogP contribution in [-0.4, -0.2) is 41.0 Å². The van der Waals surface area contributed by atoms with E-state index in [0.29, 0.717) is 6.04 Å². The second kappa shape index (κ2) is 4.37. The third-order valence-electron chi connectivity index (χ3n) is 2.77. The van der Waals surface area contributed by atoms with Crippen molar-refractivity contribution in [3.05, 3.63) is 18.6 Å². The maximum Gasteiger partial charge on any atom is 0.129 e. The fourth-order valence-electron chi connectivity index (χ4n) is 1.85. The van der Waals surface area contributed by atoms with Crippen molar-refractivity contribution in [2.24, 2.45) is 0 Å². The van der Waals surface area contributed by atoms with Crippen molar-refractivity contribution in [2.45, 2.75) is 18.9 Å². The van der Waals surface area contributed by atoms with Crippen LogP contribution in [-0.2, 0) is 0 Å². The number of nitrogens with zero attached hydrogens (tertiary/aromatic N) is 3. The van der Waals surface area contributed by atoms with Gasteiger partial charge in [0, 0.05) is 18.8 Å². The number of likely N-dealkylation sites (tertiary alicyclic amines) is 1. The van der Waals surface area contributed by atoms with Crippen molar-refractivity contribution in [3.63, 3.8) is 0 Å². The molecular formula is C10H16N4. The smallest absolute Gasteiger partial charge is 0.129 e. The summed E-state index contributed by atoms with van der Waals surface area (Å²) in [4.78, 5) is 10.4. The summed E-state index contributed by atoms with van der Waals surface area (Å²) in [6.07, 6.45) is 5.93. The molecule has 1 aliphatic rings. The van der Waals surface area contributed by atoms with Crippen molar-refractivity contribution in [2.75, 3.05) is 25.5 Å². The Kier molecular flexibility index (Phi) is 2.93. The second-order valence-corrected chi connectivity index (χ2v) is 3.75. The summed E-state index contributed by atoms with van der Waals surface area (Å²) in [5, 5.41) is 3.32. The van der Waals surface area contributed by atoms with Crippen LogP contribution in [0, 0.1) is 0 Å². The molecule has 2 heterocycles. The van der Waals surface area contributed by atoms with E-state index in [-0.39, 0.29) is 0 Å². The van der Waals surface area contributed by atoms with E-state index in [1.54, 1.807) is 12.5 Å². The van der Waals surface area contributed by atoms with Crippen LogP contribution in [0.25, 0.3) is 0 Å². The van der Waals surface area contributed by atoms with Crippen LogP contribution in [0.3, 0.4) is 0 Å². The van der Waals surface area contributed by atoms with Gasteiger partial charge in [-0.25, -0.2) is 9.97 Å². The molecule has 0 aliphatic carbocycles. The van der Waals surface area contributed by atoms with Crippen LogP contribution in [0.1, 0.15) is 12.8 Å². The molecule has 76 valence electrons. The van der Waals surface area contributed by atoms with E-state index >= 15 is 0 Å². The van der Waals surface area contributed by atoms with Gasteiger partial charge >= 0.3 is 0 Å². The molecule has 2 rings (SSSR count). The average Bonchev–Trinajstić information content (AvgIpc) is 2.63. The summed E-state index contributed by atoms with van der Waals surface area (Å²) in [5.74, 6) is 0.917. The molecule has 1 aromatic rings. The average molecular weight is 192 g/mol. The van der Waals surface area contributed by atoms with Crippen LogP contribution in [0.15, 0.2) is 18.6 Å². The zero-order valence-electron chi connectivity index (χ0n) is 8.48. The molecule has 4 heteroatoms. The number of aromatic nitrogens is 2. The molecule has 1 fully saturated rings. The van der Waals surface area contributed by atoms with E-state index in [9.17, 15) is 0 Å². The van der Waals surface area contributed by atoms with Gasteiger partial charge in [0.2, 0.25) is 0 Å². The van der Waals surface area contributed by atoms with E-state index in [0.717, 1.165) is 12.4 Å². The summed E-state index contributed by atoms with van der Waals surface area (Å²) in [7, 11) is 2.18. The maximum absolute atomic E-state index is 4.12. The van der Waals surface area contributed by atoms with Crippen molar-refractivity contribution in [1.29, 1.82) is 0 Å². The Morgan fingerprint density at radius 2 is 2.57 bits per heavy atom. The topological polar surface area (TPSA) is 41.0 Å². The molecule has 0 bridgehead atoms. The lowest BCUT2D eigenvalue weighted by molar-refractivity contribution is 0.322. The van der Waals surface area contributed by atoms with Gasteiger partial charge in [-0.3, -0.25) is 0 Å². The molecule has 0 spiro atoms. The van der Waals surface area contributed by atoms with Crippen LogP contribution in [0.2, 0.25) is 0 Å². The minimum atomic E-state index is 0.657. The largest absolute Gasteiger partial charge is 0.368 e. The Bertz CT molecular complexity index is 275. The molecule has 1 N–H and O–H groups in total. The molecule has 0 aromatic carbocycles. The quantitative estimate of drug-likeness (QED) is 0.775. The first kappa shape index (κ1) is 9.40. The highest BCUT2D eigenvalue weighted by molar-refractivity contribution is 5.31. The minimum absolute atomic E-state index is 0.657. The van der Waals surface area contributed by atoms with Gasteiger partial charge in [-0.2, -0.15) is 0 Å². The highest BCUT2D eigenvalue weighted by Crippen LogP contribution is 2.14. The Labute approximate surface area is 84.4 Å². The van der Waals surface area contributed by atoms with E-state index in [1.807, 2.05) is 6.07 Å². The van der Waals surface area contributed by atoms with Crippen LogP contribution < -0.4 is 5.32 Å². The summed E-state index contributed by atoms with van der Waals surface area (Å²) in [6, 6.07) is 2.56. The Balaban J connectivity index is 1.82. The van der Waals surface area contributed by atoms with Gasteiger partial charge in [0.1, 0.15) is 12.1 Å². The van der Waals surface area contributed by atoms with E-state index in [2.05, 4.69) is 27.2 Å². The first-order chi connectivity index (χ1) is 6.86. The molecule has 0 saturated carbocycles. The van der Waals surface area contributed by atoms with Gasteiger partial charge in [-0.05, 0) is 32.5 Å². The Hall–Kier alpha value is -1.16. The molecule has 0 radical (unpaired) electrons. The van der Waals surface area contributed by atoms with E-state index < -0.39 is 0 Å². The highest BCUT2D eigenvalue weighted by atomic mass is 15.2. The number of hydrogen-bond acceptors (Lipinski definition) is 4. The third kappa shape index (κ3) is 2.20. The highest BCUT2D eigenvalue weighted by Gasteiger charge is 2.20. The number of likely N-dealkylation sites (N-methyl/N-ethyl adjacent to an activating group) is 1. The van der Waals surface area contributed by atoms with E-state index in [4.69, 9.17) is 0 Å². The molecule has 1 saturated heterocycles. The number of nitrogens with one attached hydrogen (secondary N) is 1. The second-order valence-electron chi connectivity index (χ2n) is 3.75. The number of rotatable bonds is 3. The first-order valence-electron chi connectivity index (χ1n) is 5.06. The molecule has 1 aromatic heterocycles. The molecule has 1 atom stereocenters. The summed E-state index contributed by atoms with van der Waals surface area (Å²) in [6.45, 7) is 2.20. The van der Waals surface area contributed by atoms with Gasteiger partial charge < -0.3 is 10.2 Å². The molecule has 4 nitrogen and oxygen atoms in total. The minimum Gasteiger partial charge on any atom is -0.368 e. The van der Waals surface area contributed by atoms with Gasteiger partial charge in [-0.15, -0.1) is 0 Å². The predicted molar refractivity (Wildman–Crippen MR) is 56.2 cm³/mol. The predicted octanol–water partition coefficient (Wildman–Crippen LogP) is 0.983. The van der Waals surface area contributed by atoms with Crippen molar-refractivity contribution >= 4 is 5.82 Å². The molecule has 1 aliphatic heterocycles. The monoisotopic (exact) mass is 192 g/mol. The lowest BCUT2D eigenvalue weighted by Crippen LogP contribution is -2.31. The van der Waals surface area contributed by atoms with Gasteiger partial charge in [0.05, 0.1) is 0 Å². The van der Waals surface area contributed by atoms with E-state index in [1.165, 1.54) is 19.4 Å². The fraction of sp³-hybridized carbons (Fsp3) is 0.600. The lowest BCUT2D eigenvalue weighted by Gasteiger charge is -2.19. The van der Waals surface area contributed by atoms with Crippen LogP contribution >= 0.6 is 0 Å². The molecule has 14 heavy (non-hydrogen) atoms. The Morgan fingerprint density at radius 1 is 1.64 bits per heavy atom. The third-order valence-corrected chi connectivity index (χ3v) is 2.77. The number of anilines is 1. The fourth-order valence-corrected chi connectivity index (χ4v) is 1.85. The normalized spacial score (nSPS) is 22.5. The Morgan fingerprint density at radius 3 is 3.21 bits per heavy atom. The number of hydrogen-bond donors (Lipinski definition) is 1. The zero-order chi connectivity index (χ0) is 9.80. The van der Waals surface area contributed by atoms with Gasteiger partial charge in [-0.1, -0.05) is 0 Å². The molecular weight excluding hydrogens is 176 g/mol. The standard InChI is InChI=1S/C10H16N4/c1-14-6-2-3-9(14)7-12-10-4-5-11-8-13-10/h4-5,8-9H,2-3,6-7H2,1H3,(H,11,12,13). The zero-order valence-corrected chi connectivity index (χ0v) is 8.48.